The number of pyridine rings is 1. The lowest BCUT2D eigenvalue weighted by molar-refractivity contribution is 0.305. The number of hydrogen-bond donors (Lipinski definition) is 1. The van der Waals surface area contributed by atoms with Gasteiger partial charge >= 0.3 is 0 Å². The summed E-state index contributed by atoms with van der Waals surface area (Å²) in [5.41, 5.74) is 9.09. The average Bonchev–Trinajstić information content (AvgIpc) is 2.46. The van der Waals surface area contributed by atoms with E-state index < -0.39 is 0 Å². The summed E-state index contributed by atoms with van der Waals surface area (Å²) >= 11 is 1.70. The number of rotatable bonds is 6. The highest BCUT2D eigenvalue weighted by Crippen LogP contribution is 2.27. The van der Waals surface area contributed by atoms with Crippen LogP contribution >= 0.6 is 11.8 Å². The lowest BCUT2D eigenvalue weighted by Gasteiger charge is -2.09. The maximum atomic E-state index is 5.86. The number of ether oxygens (including phenoxy) is 1. The van der Waals surface area contributed by atoms with E-state index in [1.807, 2.05) is 12.1 Å². The van der Waals surface area contributed by atoms with Crippen molar-refractivity contribution in [3.8, 4) is 5.88 Å². The summed E-state index contributed by atoms with van der Waals surface area (Å²) in [7, 11) is 0. The molecule has 0 unspecified atom stereocenters. The molecule has 2 N–H and O–H groups in total. The van der Waals surface area contributed by atoms with E-state index in [-0.39, 0.29) is 0 Å². The first-order chi connectivity index (χ1) is 9.70. The fourth-order valence-corrected chi connectivity index (χ4v) is 2.69. The molecule has 1 heterocycles. The van der Waals surface area contributed by atoms with Crippen molar-refractivity contribution in [2.75, 3.05) is 12.3 Å². The highest BCUT2D eigenvalue weighted by molar-refractivity contribution is 7.98. The Bertz CT molecular complexity index is 572. The van der Waals surface area contributed by atoms with Crippen molar-refractivity contribution in [1.82, 2.24) is 4.98 Å². The van der Waals surface area contributed by atoms with Gasteiger partial charge in [-0.15, -0.1) is 11.8 Å². The van der Waals surface area contributed by atoms with Crippen molar-refractivity contribution in [3.05, 3.63) is 47.5 Å². The molecule has 0 fully saturated rings. The molecule has 0 bridgehead atoms. The van der Waals surface area contributed by atoms with Crippen LogP contribution in [0.5, 0.6) is 5.88 Å². The number of anilines is 1. The highest BCUT2D eigenvalue weighted by atomic mass is 32.2. The maximum Gasteiger partial charge on any atom is 0.238 e. The van der Waals surface area contributed by atoms with Gasteiger partial charge in [-0.3, -0.25) is 0 Å². The topological polar surface area (TPSA) is 48.1 Å². The predicted molar refractivity (Wildman–Crippen MR) is 85.2 cm³/mol. The Hall–Kier alpha value is -1.68. The molecule has 0 saturated heterocycles. The summed E-state index contributed by atoms with van der Waals surface area (Å²) in [6.45, 7) is 4.83. The Labute approximate surface area is 124 Å². The van der Waals surface area contributed by atoms with E-state index in [9.17, 15) is 0 Å². The molecular formula is C16H20N2OS. The molecule has 0 amide bonds. The Morgan fingerprint density at radius 3 is 2.75 bits per heavy atom. The quantitative estimate of drug-likeness (QED) is 0.815. The van der Waals surface area contributed by atoms with Crippen molar-refractivity contribution < 1.29 is 4.74 Å². The zero-order chi connectivity index (χ0) is 14.4. The van der Waals surface area contributed by atoms with Crippen LogP contribution in [0.4, 0.5) is 5.69 Å². The van der Waals surface area contributed by atoms with E-state index in [1.54, 1.807) is 11.8 Å². The average molecular weight is 288 g/mol. The summed E-state index contributed by atoms with van der Waals surface area (Å²) < 4.78 is 5.55. The Kier molecular flexibility index (Phi) is 5.30. The number of aromatic nitrogens is 1. The molecule has 3 nitrogen and oxygen atoms in total. The van der Waals surface area contributed by atoms with Crippen LogP contribution in [0, 0.1) is 6.92 Å². The zero-order valence-electron chi connectivity index (χ0n) is 11.9. The Morgan fingerprint density at radius 2 is 2.00 bits per heavy atom. The van der Waals surface area contributed by atoms with Gasteiger partial charge < -0.3 is 10.5 Å². The summed E-state index contributed by atoms with van der Waals surface area (Å²) in [6, 6.07) is 12.2. The van der Waals surface area contributed by atoms with Crippen LogP contribution in [-0.2, 0) is 5.75 Å². The van der Waals surface area contributed by atoms with Crippen LogP contribution in [0.1, 0.15) is 24.5 Å². The van der Waals surface area contributed by atoms with Gasteiger partial charge in [0.2, 0.25) is 5.88 Å². The van der Waals surface area contributed by atoms with Gasteiger partial charge in [0, 0.05) is 5.75 Å². The standard InChI is InChI=1S/C16H20N2OS/c1-3-10-19-16-14(17)8-9-15(18-16)20-11-13-7-5-4-6-12(13)2/h4-9H,3,10-11,17H2,1-2H3. The third kappa shape index (κ3) is 3.90. The van der Waals surface area contributed by atoms with Crippen molar-refractivity contribution >= 4 is 17.4 Å². The molecule has 0 saturated carbocycles. The normalized spacial score (nSPS) is 10.5. The monoisotopic (exact) mass is 288 g/mol. The van der Waals surface area contributed by atoms with Crippen LogP contribution in [0.15, 0.2) is 41.4 Å². The predicted octanol–water partition coefficient (Wildman–Crippen LogP) is 4.05. The third-order valence-corrected chi connectivity index (χ3v) is 3.92. The molecule has 0 atom stereocenters. The van der Waals surface area contributed by atoms with Crippen molar-refractivity contribution in [3.63, 3.8) is 0 Å². The van der Waals surface area contributed by atoms with E-state index >= 15 is 0 Å². The van der Waals surface area contributed by atoms with Gasteiger partial charge in [0.1, 0.15) is 5.03 Å². The van der Waals surface area contributed by atoms with E-state index in [1.165, 1.54) is 11.1 Å². The number of aryl methyl sites for hydroxylation is 1. The van der Waals surface area contributed by atoms with Crippen LogP contribution in [0.25, 0.3) is 0 Å². The Morgan fingerprint density at radius 1 is 1.20 bits per heavy atom. The highest BCUT2D eigenvalue weighted by Gasteiger charge is 2.06. The van der Waals surface area contributed by atoms with Crippen molar-refractivity contribution in [2.45, 2.75) is 31.0 Å². The van der Waals surface area contributed by atoms with Gasteiger partial charge in [-0.1, -0.05) is 31.2 Å². The van der Waals surface area contributed by atoms with Crippen LogP contribution in [0.2, 0.25) is 0 Å². The second kappa shape index (κ2) is 7.20. The van der Waals surface area contributed by atoms with Gasteiger partial charge in [0.25, 0.3) is 0 Å². The molecule has 0 spiro atoms. The number of hydrogen-bond acceptors (Lipinski definition) is 4. The fraction of sp³-hybridized carbons (Fsp3) is 0.312. The molecule has 106 valence electrons. The fourth-order valence-electron chi connectivity index (χ4n) is 1.75. The largest absolute Gasteiger partial charge is 0.476 e. The second-order valence-electron chi connectivity index (χ2n) is 4.61. The number of thioether (sulfide) groups is 1. The van der Waals surface area contributed by atoms with Gasteiger partial charge in [-0.25, -0.2) is 4.98 Å². The van der Waals surface area contributed by atoms with Crippen LogP contribution < -0.4 is 10.5 Å². The minimum Gasteiger partial charge on any atom is -0.476 e. The smallest absolute Gasteiger partial charge is 0.238 e. The second-order valence-corrected chi connectivity index (χ2v) is 5.60. The third-order valence-electron chi connectivity index (χ3n) is 2.94. The lowest BCUT2D eigenvalue weighted by Crippen LogP contribution is -2.01. The van der Waals surface area contributed by atoms with Crippen LogP contribution in [0.3, 0.4) is 0 Å². The first-order valence-electron chi connectivity index (χ1n) is 6.77. The zero-order valence-corrected chi connectivity index (χ0v) is 12.7. The lowest BCUT2D eigenvalue weighted by atomic mass is 10.1. The molecule has 1 aromatic carbocycles. The van der Waals surface area contributed by atoms with Gasteiger partial charge in [0.15, 0.2) is 0 Å². The van der Waals surface area contributed by atoms with Gasteiger partial charge in [-0.2, -0.15) is 0 Å². The van der Waals surface area contributed by atoms with Crippen LogP contribution in [-0.4, -0.2) is 11.6 Å². The number of benzene rings is 1. The SMILES string of the molecule is CCCOc1nc(SCc2ccccc2C)ccc1N. The summed E-state index contributed by atoms with van der Waals surface area (Å²) in [5, 5.41) is 0.938. The first kappa shape index (κ1) is 14.7. The Balaban J connectivity index is 2.04. The minimum absolute atomic E-state index is 0.543. The summed E-state index contributed by atoms with van der Waals surface area (Å²) in [4.78, 5) is 4.47. The molecular weight excluding hydrogens is 268 g/mol. The number of nitrogen functional groups attached to an aromatic ring is 1. The van der Waals surface area contributed by atoms with E-state index in [2.05, 4.69) is 43.1 Å². The molecule has 0 radical (unpaired) electrons. The number of nitrogens with two attached hydrogens (primary N) is 1. The molecule has 0 aliphatic rings. The number of nitrogens with zero attached hydrogens (tertiary/aromatic N) is 1. The molecule has 2 rings (SSSR count). The van der Waals surface area contributed by atoms with E-state index in [4.69, 9.17) is 10.5 Å². The van der Waals surface area contributed by atoms with Crippen molar-refractivity contribution in [2.24, 2.45) is 0 Å². The van der Waals surface area contributed by atoms with E-state index in [0.717, 1.165) is 17.2 Å². The molecule has 0 aliphatic carbocycles. The van der Waals surface area contributed by atoms with Gasteiger partial charge in [-0.05, 0) is 36.6 Å². The molecule has 2 aromatic rings. The molecule has 4 heteroatoms. The van der Waals surface area contributed by atoms with Crippen molar-refractivity contribution in [1.29, 1.82) is 0 Å². The molecule has 1 aromatic heterocycles. The van der Waals surface area contributed by atoms with E-state index in [0.29, 0.717) is 18.2 Å². The van der Waals surface area contributed by atoms with Gasteiger partial charge in [0.05, 0.1) is 12.3 Å². The summed E-state index contributed by atoms with van der Waals surface area (Å²) in [5.74, 6) is 1.44. The molecule has 0 aliphatic heterocycles. The summed E-state index contributed by atoms with van der Waals surface area (Å²) in [6.07, 6.45) is 0.946. The minimum atomic E-state index is 0.543. The maximum absolute atomic E-state index is 5.86. The molecule has 20 heavy (non-hydrogen) atoms. The first-order valence-corrected chi connectivity index (χ1v) is 7.76.